The minimum absolute atomic E-state index is 0.00350. The fraction of sp³-hybridized carbons (Fsp3) is 0.208. The fourth-order valence-electron chi connectivity index (χ4n) is 2.99. The predicted molar refractivity (Wildman–Crippen MR) is 126 cm³/mol. The number of benzene rings is 2. The zero-order valence-corrected chi connectivity index (χ0v) is 19.0. The van der Waals surface area contributed by atoms with Gasteiger partial charge in [0, 0.05) is 11.8 Å². The summed E-state index contributed by atoms with van der Waals surface area (Å²) in [6, 6.07) is 16.3. The molecule has 0 bridgehead atoms. The summed E-state index contributed by atoms with van der Waals surface area (Å²) in [5, 5.41) is 4.70. The number of carbonyl (C=O) groups is 1. The molecule has 7 heteroatoms. The lowest BCUT2D eigenvalue weighted by molar-refractivity contribution is 0.0953. The molecule has 1 N–H and O–H groups in total. The summed E-state index contributed by atoms with van der Waals surface area (Å²) in [6.45, 7) is 6.81. The number of rotatable bonds is 5. The fourth-order valence-corrected chi connectivity index (χ4v) is 3.49. The molecule has 0 aliphatic heterocycles. The normalized spacial score (nSPS) is 11.6. The van der Waals surface area contributed by atoms with Crippen LogP contribution in [0, 0.1) is 0 Å². The third kappa shape index (κ3) is 5.63. The van der Waals surface area contributed by atoms with E-state index in [0.717, 1.165) is 5.56 Å². The summed E-state index contributed by atoms with van der Waals surface area (Å²) in [4.78, 5) is 25.3. The molecule has 0 saturated carbocycles. The summed E-state index contributed by atoms with van der Waals surface area (Å²) in [7, 11) is 0. The minimum Gasteiger partial charge on any atom is -0.310 e. The summed E-state index contributed by atoms with van der Waals surface area (Å²) in [5.74, 6) is -0.609. The van der Waals surface area contributed by atoms with Gasteiger partial charge in [0.15, 0.2) is 0 Å². The van der Waals surface area contributed by atoms with E-state index in [9.17, 15) is 9.59 Å². The number of nitrogens with zero attached hydrogens (tertiary/aromatic N) is 2. The number of hydrogen-bond acceptors (Lipinski definition) is 3. The smallest absolute Gasteiger partial charge is 0.276 e. The number of hydrogen-bond donors (Lipinski definition) is 1. The van der Waals surface area contributed by atoms with Crippen LogP contribution in [0.5, 0.6) is 0 Å². The molecule has 0 aliphatic rings. The van der Waals surface area contributed by atoms with Crippen molar-refractivity contribution in [3.8, 4) is 0 Å². The summed E-state index contributed by atoms with van der Waals surface area (Å²) in [5.41, 5.74) is 4.68. The molecule has 0 fully saturated rings. The Morgan fingerprint density at radius 1 is 1.03 bits per heavy atom. The Kier molecular flexibility index (Phi) is 6.98. The SMILES string of the molecule is CC(C)(C)c1ccc(Cn2cccc(C(=O)N/N=C\c3c(Cl)cccc3Cl)c2=O)cc1. The van der Waals surface area contributed by atoms with Crippen molar-refractivity contribution in [1.29, 1.82) is 0 Å². The lowest BCUT2D eigenvalue weighted by Gasteiger charge is -2.19. The number of halogens is 2. The predicted octanol–water partition coefficient (Wildman–Crippen LogP) is 5.26. The van der Waals surface area contributed by atoms with E-state index in [-0.39, 0.29) is 11.0 Å². The highest BCUT2D eigenvalue weighted by Gasteiger charge is 2.14. The largest absolute Gasteiger partial charge is 0.310 e. The van der Waals surface area contributed by atoms with Crippen LogP contribution in [0.15, 0.2) is 70.7 Å². The lowest BCUT2D eigenvalue weighted by atomic mass is 9.87. The van der Waals surface area contributed by atoms with Gasteiger partial charge in [-0.1, -0.05) is 74.3 Å². The van der Waals surface area contributed by atoms with Gasteiger partial charge in [-0.25, -0.2) is 5.43 Å². The standard InChI is InChI=1S/C24H23Cl2N3O2/c1-24(2,3)17-11-9-16(10-12-17)15-29-13-5-6-18(23(29)31)22(30)28-27-14-19-20(25)7-4-8-21(19)26/h4-14H,15H2,1-3H3,(H,28,30)/b27-14-. The van der Waals surface area contributed by atoms with Gasteiger partial charge in [-0.2, -0.15) is 5.10 Å². The van der Waals surface area contributed by atoms with Crippen LogP contribution in [0.1, 0.15) is 47.8 Å². The van der Waals surface area contributed by atoms with Crippen molar-refractivity contribution >= 4 is 35.3 Å². The van der Waals surface area contributed by atoms with Gasteiger partial charge in [0.25, 0.3) is 11.5 Å². The van der Waals surface area contributed by atoms with Crippen molar-refractivity contribution in [2.75, 3.05) is 0 Å². The van der Waals surface area contributed by atoms with Gasteiger partial charge >= 0.3 is 0 Å². The average Bonchev–Trinajstić information content (AvgIpc) is 2.71. The van der Waals surface area contributed by atoms with Crippen molar-refractivity contribution in [2.24, 2.45) is 5.10 Å². The van der Waals surface area contributed by atoms with Gasteiger partial charge in [0.1, 0.15) is 5.56 Å². The Morgan fingerprint density at radius 2 is 1.68 bits per heavy atom. The summed E-state index contributed by atoms with van der Waals surface area (Å²) in [6.07, 6.45) is 3.00. The highest BCUT2D eigenvalue weighted by atomic mass is 35.5. The topological polar surface area (TPSA) is 63.5 Å². The maximum absolute atomic E-state index is 12.8. The van der Waals surface area contributed by atoms with E-state index >= 15 is 0 Å². The Morgan fingerprint density at radius 3 is 2.29 bits per heavy atom. The van der Waals surface area contributed by atoms with Crippen molar-refractivity contribution in [3.63, 3.8) is 0 Å². The molecule has 0 aliphatic carbocycles. The molecule has 1 aromatic heterocycles. The molecule has 0 spiro atoms. The maximum atomic E-state index is 12.8. The van der Waals surface area contributed by atoms with E-state index < -0.39 is 11.5 Å². The van der Waals surface area contributed by atoms with Gasteiger partial charge in [-0.3, -0.25) is 9.59 Å². The first-order valence-electron chi connectivity index (χ1n) is 9.73. The molecule has 0 atom stereocenters. The number of nitrogens with one attached hydrogen (secondary N) is 1. The van der Waals surface area contributed by atoms with Crippen molar-refractivity contribution < 1.29 is 4.79 Å². The second kappa shape index (κ2) is 9.50. The van der Waals surface area contributed by atoms with Gasteiger partial charge in [0.2, 0.25) is 0 Å². The number of amides is 1. The first-order valence-corrected chi connectivity index (χ1v) is 10.5. The third-order valence-electron chi connectivity index (χ3n) is 4.80. The van der Waals surface area contributed by atoms with Gasteiger partial charge < -0.3 is 4.57 Å². The average molecular weight is 456 g/mol. The zero-order chi connectivity index (χ0) is 22.6. The van der Waals surface area contributed by atoms with Crippen molar-refractivity contribution in [3.05, 3.63) is 103 Å². The van der Waals surface area contributed by atoms with E-state index in [1.807, 2.05) is 12.1 Å². The van der Waals surface area contributed by atoms with Crippen molar-refractivity contribution in [2.45, 2.75) is 32.7 Å². The second-order valence-corrected chi connectivity index (χ2v) is 8.95. The quantitative estimate of drug-likeness (QED) is 0.420. The Bertz CT molecular complexity index is 1160. The lowest BCUT2D eigenvalue weighted by Crippen LogP contribution is -2.30. The molecule has 2 aromatic carbocycles. The van der Waals surface area contributed by atoms with Crippen LogP contribution in [-0.4, -0.2) is 16.7 Å². The Balaban J connectivity index is 1.75. The molecular weight excluding hydrogens is 433 g/mol. The van der Waals surface area contributed by atoms with Crippen LogP contribution in [-0.2, 0) is 12.0 Å². The monoisotopic (exact) mass is 455 g/mol. The van der Waals surface area contributed by atoms with Crippen LogP contribution in [0.3, 0.4) is 0 Å². The van der Waals surface area contributed by atoms with Gasteiger partial charge in [0.05, 0.1) is 22.8 Å². The molecule has 160 valence electrons. The molecule has 3 aromatic rings. The first-order chi connectivity index (χ1) is 14.7. The van der Waals surface area contributed by atoms with Gasteiger partial charge in [-0.05, 0) is 40.8 Å². The molecule has 31 heavy (non-hydrogen) atoms. The van der Waals surface area contributed by atoms with E-state index in [4.69, 9.17) is 23.2 Å². The molecule has 3 rings (SSSR count). The van der Waals surface area contributed by atoms with E-state index in [0.29, 0.717) is 22.2 Å². The number of aromatic nitrogens is 1. The molecule has 0 radical (unpaired) electrons. The molecular formula is C24H23Cl2N3O2. The molecule has 5 nitrogen and oxygen atoms in total. The van der Waals surface area contributed by atoms with Crippen LogP contribution in [0.2, 0.25) is 10.0 Å². The zero-order valence-electron chi connectivity index (χ0n) is 17.5. The molecule has 0 saturated heterocycles. The molecule has 1 amide bonds. The molecule has 1 heterocycles. The van der Waals surface area contributed by atoms with Crippen LogP contribution in [0.4, 0.5) is 0 Å². The van der Waals surface area contributed by atoms with Gasteiger partial charge in [-0.15, -0.1) is 0 Å². The number of carbonyl (C=O) groups excluding carboxylic acids is 1. The highest BCUT2D eigenvalue weighted by Crippen LogP contribution is 2.23. The second-order valence-electron chi connectivity index (χ2n) is 8.14. The maximum Gasteiger partial charge on any atom is 0.276 e. The van der Waals surface area contributed by atoms with Crippen molar-refractivity contribution in [1.82, 2.24) is 9.99 Å². The van der Waals surface area contributed by atoms with Crippen LogP contribution in [0.25, 0.3) is 0 Å². The minimum atomic E-state index is -0.609. The summed E-state index contributed by atoms with van der Waals surface area (Å²) >= 11 is 12.2. The Labute approximate surface area is 191 Å². The molecule has 0 unspecified atom stereocenters. The van der Waals surface area contributed by atoms with Crippen LogP contribution >= 0.6 is 23.2 Å². The van der Waals surface area contributed by atoms with E-state index in [2.05, 4.69) is 43.4 Å². The summed E-state index contributed by atoms with van der Waals surface area (Å²) < 4.78 is 1.50. The third-order valence-corrected chi connectivity index (χ3v) is 5.46. The van der Waals surface area contributed by atoms with E-state index in [1.54, 1.807) is 30.5 Å². The number of pyridine rings is 1. The first kappa shape index (κ1) is 22.8. The van der Waals surface area contributed by atoms with Crippen LogP contribution < -0.4 is 11.0 Å². The number of hydrazone groups is 1. The highest BCUT2D eigenvalue weighted by molar-refractivity contribution is 6.38. The Hall–Kier alpha value is -2.89. The van der Waals surface area contributed by atoms with E-state index in [1.165, 1.54) is 22.4 Å².